The van der Waals surface area contributed by atoms with Gasteiger partial charge in [0, 0.05) is 23.3 Å². The van der Waals surface area contributed by atoms with Crippen LogP contribution in [0.3, 0.4) is 0 Å². The molecule has 178 valence electrons. The summed E-state index contributed by atoms with van der Waals surface area (Å²) in [6, 6.07) is 5.67. The molecule has 3 heterocycles. The summed E-state index contributed by atoms with van der Waals surface area (Å²) in [5.74, 6) is -0.931. The molecular formula is C22H20F4N5O2P. The molecule has 12 heteroatoms. The van der Waals surface area contributed by atoms with Crippen LogP contribution in [-0.2, 0) is 15.5 Å². The van der Waals surface area contributed by atoms with Crippen molar-refractivity contribution in [3.05, 3.63) is 52.7 Å². The number of nitrogens with one attached hydrogen (secondary N) is 1. The van der Waals surface area contributed by atoms with Crippen molar-refractivity contribution in [2.75, 3.05) is 30.9 Å². The monoisotopic (exact) mass is 493 g/mol. The average molecular weight is 493 g/mol. The Kier molecular flexibility index (Phi) is 6.32. The topological polar surface area (TPSA) is 101 Å². The first kappa shape index (κ1) is 24.0. The standard InChI is InChI=1S/C22H20F4N5O2P/c1-12(14-4-3-5-16(19(14)23)22(24,25)26)28-21-15-10-18(34(32)8-6-33-7-9-34)31-17(11-27)20(15)29-13(2)30-21/h3-5,10,12H,6-9H2,1-2H3,(H,28,29,30)/t12-/m1/s1. The van der Waals surface area contributed by atoms with Gasteiger partial charge >= 0.3 is 6.18 Å². The van der Waals surface area contributed by atoms with Gasteiger partial charge in [-0.05, 0) is 26.0 Å². The van der Waals surface area contributed by atoms with Crippen LogP contribution in [0.2, 0.25) is 0 Å². The lowest BCUT2D eigenvalue weighted by molar-refractivity contribution is -0.140. The fourth-order valence-electron chi connectivity index (χ4n) is 3.88. The number of pyridine rings is 1. The number of aromatic nitrogens is 3. The maximum atomic E-state index is 14.7. The largest absolute Gasteiger partial charge is 0.419 e. The maximum Gasteiger partial charge on any atom is 0.419 e. The molecule has 0 spiro atoms. The van der Waals surface area contributed by atoms with Gasteiger partial charge in [0.1, 0.15) is 41.6 Å². The van der Waals surface area contributed by atoms with E-state index in [1.807, 2.05) is 6.07 Å². The summed E-state index contributed by atoms with van der Waals surface area (Å²) < 4.78 is 73.0. The molecule has 1 aromatic carbocycles. The first-order valence-electron chi connectivity index (χ1n) is 10.4. The molecule has 34 heavy (non-hydrogen) atoms. The Balaban J connectivity index is 1.82. The molecule has 2 aromatic heterocycles. The first-order valence-corrected chi connectivity index (χ1v) is 12.5. The summed E-state index contributed by atoms with van der Waals surface area (Å²) >= 11 is 0. The quantitative estimate of drug-likeness (QED) is 0.420. The molecule has 3 aromatic rings. The van der Waals surface area contributed by atoms with Gasteiger partial charge in [0.2, 0.25) is 0 Å². The van der Waals surface area contributed by atoms with Crippen molar-refractivity contribution in [3.63, 3.8) is 0 Å². The second-order valence-electron chi connectivity index (χ2n) is 7.98. The van der Waals surface area contributed by atoms with Crippen LogP contribution in [0.1, 0.15) is 35.6 Å². The van der Waals surface area contributed by atoms with Crippen molar-refractivity contribution < 1.29 is 26.9 Å². The van der Waals surface area contributed by atoms with E-state index in [4.69, 9.17) is 4.74 Å². The molecule has 0 unspecified atom stereocenters. The minimum absolute atomic E-state index is 0.0410. The molecule has 1 saturated heterocycles. The summed E-state index contributed by atoms with van der Waals surface area (Å²) in [4.78, 5) is 12.9. The number of alkyl halides is 3. The number of hydrogen-bond acceptors (Lipinski definition) is 7. The van der Waals surface area contributed by atoms with Crippen LogP contribution in [0.5, 0.6) is 0 Å². The number of nitriles is 1. The van der Waals surface area contributed by atoms with Gasteiger partial charge in [0.15, 0.2) is 5.69 Å². The number of halogens is 4. The van der Waals surface area contributed by atoms with Crippen LogP contribution in [-0.4, -0.2) is 40.5 Å². The Bertz CT molecular complexity index is 1350. The molecule has 0 amide bonds. The molecule has 0 bridgehead atoms. The Labute approximate surface area is 192 Å². The fourth-order valence-corrected chi connectivity index (χ4v) is 6.05. The van der Waals surface area contributed by atoms with Crippen molar-refractivity contribution in [2.45, 2.75) is 26.1 Å². The van der Waals surface area contributed by atoms with E-state index in [0.717, 1.165) is 6.07 Å². The lowest BCUT2D eigenvalue weighted by Gasteiger charge is -2.23. The van der Waals surface area contributed by atoms with Gasteiger partial charge in [-0.25, -0.2) is 19.3 Å². The van der Waals surface area contributed by atoms with Crippen LogP contribution in [0.25, 0.3) is 10.9 Å². The van der Waals surface area contributed by atoms with Gasteiger partial charge in [-0.3, -0.25) is 0 Å². The van der Waals surface area contributed by atoms with E-state index < -0.39 is 30.7 Å². The predicted octanol–water partition coefficient (Wildman–Crippen LogP) is 4.55. The van der Waals surface area contributed by atoms with Crippen LogP contribution < -0.4 is 10.8 Å². The van der Waals surface area contributed by atoms with E-state index in [2.05, 4.69) is 20.3 Å². The van der Waals surface area contributed by atoms with Gasteiger partial charge in [0.25, 0.3) is 0 Å². The molecule has 0 radical (unpaired) electrons. The molecular weight excluding hydrogens is 473 g/mol. The zero-order valence-electron chi connectivity index (χ0n) is 18.3. The van der Waals surface area contributed by atoms with Crippen LogP contribution >= 0.6 is 7.14 Å². The van der Waals surface area contributed by atoms with E-state index in [1.165, 1.54) is 13.0 Å². The molecule has 1 N–H and O–H groups in total. The fraction of sp³-hybridized carbons (Fsp3) is 0.364. The number of benzene rings is 1. The van der Waals surface area contributed by atoms with Crippen molar-refractivity contribution in [2.24, 2.45) is 0 Å². The molecule has 4 rings (SSSR count). The average Bonchev–Trinajstić information content (AvgIpc) is 2.78. The highest BCUT2D eigenvalue weighted by Gasteiger charge is 2.35. The van der Waals surface area contributed by atoms with Gasteiger partial charge < -0.3 is 14.6 Å². The molecule has 0 saturated carbocycles. The third-order valence-corrected chi connectivity index (χ3v) is 8.53. The number of ether oxygens (including phenoxy) is 1. The number of fused-ring (bicyclic) bond motifs is 1. The Morgan fingerprint density at radius 3 is 2.56 bits per heavy atom. The van der Waals surface area contributed by atoms with E-state index >= 15 is 0 Å². The zero-order chi connectivity index (χ0) is 24.7. The van der Waals surface area contributed by atoms with Gasteiger partial charge in [-0.2, -0.15) is 18.4 Å². The normalized spacial score (nSPS) is 16.7. The summed E-state index contributed by atoms with van der Waals surface area (Å²) in [6.45, 7) is 3.69. The molecule has 1 atom stereocenters. The third-order valence-electron chi connectivity index (χ3n) is 5.65. The highest BCUT2D eigenvalue weighted by molar-refractivity contribution is 7.71. The first-order chi connectivity index (χ1) is 16.0. The molecule has 7 nitrogen and oxygen atoms in total. The van der Waals surface area contributed by atoms with E-state index in [9.17, 15) is 27.4 Å². The highest BCUT2D eigenvalue weighted by Crippen LogP contribution is 2.46. The number of hydrogen-bond donors (Lipinski definition) is 1. The Morgan fingerprint density at radius 2 is 1.91 bits per heavy atom. The van der Waals surface area contributed by atoms with Gasteiger partial charge in [-0.1, -0.05) is 12.1 Å². The number of anilines is 1. The Hall–Kier alpha value is -3.09. The zero-order valence-corrected chi connectivity index (χ0v) is 19.2. The van der Waals surface area contributed by atoms with Crippen molar-refractivity contribution in [3.8, 4) is 6.07 Å². The molecule has 1 aliphatic rings. The van der Waals surface area contributed by atoms with Gasteiger partial charge in [-0.15, -0.1) is 0 Å². The van der Waals surface area contributed by atoms with E-state index in [1.54, 1.807) is 13.0 Å². The summed E-state index contributed by atoms with van der Waals surface area (Å²) in [7, 11) is -2.92. The van der Waals surface area contributed by atoms with Crippen LogP contribution in [0, 0.1) is 24.1 Å². The van der Waals surface area contributed by atoms with Crippen molar-refractivity contribution in [1.29, 1.82) is 5.26 Å². The number of rotatable bonds is 4. The molecule has 0 aliphatic carbocycles. The summed E-state index contributed by atoms with van der Waals surface area (Å²) in [5, 5.41) is 12.9. The third kappa shape index (κ3) is 4.48. The minimum atomic E-state index is -4.84. The molecule has 1 aliphatic heterocycles. The number of nitrogens with zero attached hydrogens (tertiary/aromatic N) is 4. The van der Waals surface area contributed by atoms with Crippen LogP contribution in [0.4, 0.5) is 23.4 Å². The maximum absolute atomic E-state index is 14.7. The van der Waals surface area contributed by atoms with E-state index in [0.29, 0.717) is 24.7 Å². The Morgan fingerprint density at radius 1 is 1.21 bits per heavy atom. The number of aryl methyl sites for hydroxylation is 1. The highest BCUT2D eigenvalue weighted by atomic mass is 31.2. The minimum Gasteiger partial charge on any atom is -0.380 e. The van der Waals surface area contributed by atoms with Crippen LogP contribution in [0.15, 0.2) is 24.3 Å². The van der Waals surface area contributed by atoms with E-state index in [-0.39, 0.29) is 46.2 Å². The molecule has 1 fully saturated rings. The summed E-state index contributed by atoms with van der Waals surface area (Å²) in [5.41, 5.74) is -1.16. The summed E-state index contributed by atoms with van der Waals surface area (Å²) in [6.07, 6.45) is -4.29. The SMILES string of the molecule is Cc1nc(N[C@H](C)c2cccc(C(F)(F)F)c2F)c2cc(P3(=O)CCOCC3)nc(C#N)c2n1. The lowest BCUT2D eigenvalue weighted by atomic mass is 10.0. The predicted molar refractivity (Wildman–Crippen MR) is 118 cm³/mol. The second kappa shape index (κ2) is 8.93. The van der Waals surface area contributed by atoms with Crippen molar-refractivity contribution >= 4 is 29.3 Å². The second-order valence-corrected chi connectivity index (χ2v) is 11.1. The van der Waals surface area contributed by atoms with Crippen molar-refractivity contribution in [1.82, 2.24) is 15.0 Å². The smallest absolute Gasteiger partial charge is 0.380 e. The lowest BCUT2D eigenvalue weighted by Crippen LogP contribution is -2.25. The van der Waals surface area contributed by atoms with Gasteiger partial charge in [0.05, 0.1) is 24.8 Å².